The van der Waals surface area contributed by atoms with E-state index in [1.54, 1.807) is 23.3 Å². The number of hydrogen-bond donors (Lipinski definition) is 1. The third-order valence-electron chi connectivity index (χ3n) is 4.02. The summed E-state index contributed by atoms with van der Waals surface area (Å²) >= 11 is 0. The summed E-state index contributed by atoms with van der Waals surface area (Å²) in [6.07, 6.45) is 0.456. The molecule has 2 aromatic heterocycles. The van der Waals surface area contributed by atoms with Gasteiger partial charge in [0.1, 0.15) is 0 Å². The molecule has 8 heteroatoms. The van der Waals surface area contributed by atoms with Crippen molar-refractivity contribution in [3.63, 3.8) is 0 Å². The number of carbonyl (C=O) groups is 1. The van der Waals surface area contributed by atoms with Gasteiger partial charge in [-0.3, -0.25) is 14.5 Å². The van der Waals surface area contributed by atoms with Crippen LogP contribution in [-0.4, -0.2) is 20.7 Å². The third kappa shape index (κ3) is 4.72. The topological polar surface area (TPSA) is 59.8 Å². The maximum Gasteiger partial charge on any atom is 0.416 e. The Morgan fingerprint density at radius 3 is 2.67 bits per heavy atom. The molecule has 27 heavy (non-hydrogen) atoms. The molecule has 1 amide bonds. The van der Waals surface area contributed by atoms with Crippen molar-refractivity contribution in [2.45, 2.75) is 19.1 Å². The van der Waals surface area contributed by atoms with Gasteiger partial charge >= 0.3 is 6.18 Å². The molecular weight excluding hydrogens is 357 g/mol. The van der Waals surface area contributed by atoms with Crippen LogP contribution in [0.3, 0.4) is 0 Å². The Balaban J connectivity index is 1.62. The lowest BCUT2D eigenvalue weighted by Gasteiger charge is -2.10. The number of alkyl halides is 3. The van der Waals surface area contributed by atoms with Crippen LogP contribution >= 0.6 is 0 Å². The van der Waals surface area contributed by atoms with E-state index in [4.69, 9.17) is 0 Å². The maximum atomic E-state index is 12.7. The minimum Gasteiger partial charge on any atom is -0.352 e. The van der Waals surface area contributed by atoms with Crippen molar-refractivity contribution >= 4 is 5.91 Å². The van der Waals surface area contributed by atoms with Gasteiger partial charge in [-0.1, -0.05) is 18.2 Å². The number of nitrogens with one attached hydrogen (secondary N) is 1. The van der Waals surface area contributed by atoms with Crippen LogP contribution in [0.25, 0.3) is 11.3 Å². The zero-order chi connectivity index (χ0) is 19.4. The molecule has 1 aromatic carbocycles. The standard InChI is InChI=1S/C19H17F3N4O/c1-26-17(5-6-25-26)15-7-14(10-23-12-15)11-24-18(27)9-13-3-2-4-16(8-13)19(20,21)22/h2-8,10,12H,9,11H2,1H3,(H,24,27). The molecule has 0 aliphatic heterocycles. The van der Waals surface area contributed by atoms with E-state index in [0.717, 1.165) is 29.0 Å². The Bertz CT molecular complexity index is 950. The number of pyridine rings is 1. The first-order valence-corrected chi connectivity index (χ1v) is 8.18. The average Bonchev–Trinajstić information content (AvgIpc) is 3.06. The summed E-state index contributed by atoms with van der Waals surface area (Å²) in [4.78, 5) is 16.3. The molecule has 0 unspecified atom stereocenters. The first-order valence-electron chi connectivity index (χ1n) is 8.18. The van der Waals surface area contributed by atoms with E-state index < -0.39 is 11.7 Å². The molecule has 0 aliphatic rings. The fraction of sp³-hybridized carbons (Fsp3) is 0.211. The van der Waals surface area contributed by atoms with Gasteiger partial charge in [0.15, 0.2) is 0 Å². The highest BCUT2D eigenvalue weighted by Crippen LogP contribution is 2.29. The molecule has 0 bridgehead atoms. The van der Waals surface area contributed by atoms with Gasteiger partial charge in [0.25, 0.3) is 0 Å². The van der Waals surface area contributed by atoms with E-state index in [1.807, 2.05) is 19.2 Å². The number of aryl methyl sites for hydroxylation is 1. The number of amides is 1. The van der Waals surface area contributed by atoms with Gasteiger partial charge in [-0.15, -0.1) is 0 Å². The van der Waals surface area contributed by atoms with Crippen LogP contribution in [0.1, 0.15) is 16.7 Å². The summed E-state index contributed by atoms with van der Waals surface area (Å²) in [5.41, 5.74) is 2.08. The lowest BCUT2D eigenvalue weighted by atomic mass is 10.1. The monoisotopic (exact) mass is 374 g/mol. The minimum atomic E-state index is -4.43. The van der Waals surface area contributed by atoms with Crippen LogP contribution in [-0.2, 0) is 31.0 Å². The van der Waals surface area contributed by atoms with Crippen LogP contribution in [0, 0.1) is 0 Å². The number of rotatable bonds is 5. The van der Waals surface area contributed by atoms with Gasteiger partial charge in [-0.2, -0.15) is 18.3 Å². The van der Waals surface area contributed by atoms with E-state index >= 15 is 0 Å². The Morgan fingerprint density at radius 2 is 1.96 bits per heavy atom. The van der Waals surface area contributed by atoms with Gasteiger partial charge in [-0.05, 0) is 29.3 Å². The highest BCUT2D eigenvalue weighted by Gasteiger charge is 2.30. The molecule has 0 spiro atoms. The Hall–Kier alpha value is -3.16. The quantitative estimate of drug-likeness (QED) is 0.745. The molecule has 0 radical (unpaired) electrons. The molecule has 0 fully saturated rings. The predicted octanol–water partition coefficient (Wildman–Crippen LogP) is 3.36. The minimum absolute atomic E-state index is 0.126. The lowest BCUT2D eigenvalue weighted by molar-refractivity contribution is -0.137. The van der Waals surface area contributed by atoms with E-state index in [-0.39, 0.29) is 18.9 Å². The molecule has 2 heterocycles. The smallest absolute Gasteiger partial charge is 0.352 e. The normalized spacial score (nSPS) is 11.4. The number of benzene rings is 1. The van der Waals surface area contributed by atoms with E-state index in [0.29, 0.717) is 5.56 Å². The molecule has 0 saturated heterocycles. The predicted molar refractivity (Wildman–Crippen MR) is 93.4 cm³/mol. The SMILES string of the molecule is Cn1nccc1-c1cncc(CNC(=O)Cc2cccc(C(F)(F)F)c2)c1. The number of aromatic nitrogens is 3. The number of hydrogen-bond acceptors (Lipinski definition) is 3. The second-order valence-electron chi connectivity index (χ2n) is 6.07. The molecule has 3 rings (SSSR count). The molecular formula is C19H17F3N4O. The van der Waals surface area contributed by atoms with Crippen molar-refractivity contribution in [3.05, 3.63) is 71.7 Å². The number of halogens is 3. The Morgan fingerprint density at radius 1 is 1.15 bits per heavy atom. The van der Waals surface area contributed by atoms with Crippen molar-refractivity contribution in [2.24, 2.45) is 7.05 Å². The molecule has 0 atom stereocenters. The number of nitrogens with zero attached hydrogens (tertiary/aromatic N) is 3. The van der Waals surface area contributed by atoms with Crippen LogP contribution in [0.2, 0.25) is 0 Å². The van der Waals surface area contributed by atoms with E-state index in [9.17, 15) is 18.0 Å². The lowest BCUT2D eigenvalue weighted by Crippen LogP contribution is -2.24. The second-order valence-corrected chi connectivity index (χ2v) is 6.07. The molecule has 3 aromatic rings. The summed E-state index contributed by atoms with van der Waals surface area (Å²) < 4.78 is 39.9. The molecule has 0 aliphatic carbocycles. The largest absolute Gasteiger partial charge is 0.416 e. The highest BCUT2D eigenvalue weighted by atomic mass is 19.4. The van der Waals surface area contributed by atoms with Gasteiger partial charge in [0.05, 0.1) is 17.7 Å². The molecule has 1 N–H and O–H groups in total. The summed E-state index contributed by atoms with van der Waals surface area (Å²) in [5.74, 6) is -0.361. The zero-order valence-electron chi connectivity index (χ0n) is 14.5. The van der Waals surface area contributed by atoms with Gasteiger partial charge in [-0.25, -0.2) is 0 Å². The van der Waals surface area contributed by atoms with Crippen molar-refractivity contribution < 1.29 is 18.0 Å². The Labute approximate surface area is 153 Å². The van der Waals surface area contributed by atoms with Crippen LogP contribution < -0.4 is 5.32 Å². The fourth-order valence-corrected chi connectivity index (χ4v) is 2.69. The van der Waals surface area contributed by atoms with Crippen LogP contribution in [0.15, 0.2) is 55.0 Å². The highest BCUT2D eigenvalue weighted by molar-refractivity contribution is 5.78. The summed E-state index contributed by atoms with van der Waals surface area (Å²) in [6, 6.07) is 8.51. The van der Waals surface area contributed by atoms with Crippen LogP contribution in [0.5, 0.6) is 0 Å². The average molecular weight is 374 g/mol. The fourth-order valence-electron chi connectivity index (χ4n) is 2.69. The van der Waals surface area contributed by atoms with E-state index in [1.165, 1.54) is 12.1 Å². The maximum absolute atomic E-state index is 12.7. The van der Waals surface area contributed by atoms with Crippen LogP contribution in [0.4, 0.5) is 13.2 Å². The van der Waals surface area contributed by atoms with Crippen molar-refractivity contribution in [1.29, 1.82) is 0 Å². The Kier molecular flexibility index (Phi) is 5.25. The number of carbonyl (C=O) groups excluding carboxylic acids is 1. The van der Waals surface area contributed by atoms with E-state index in [2.05, 4.69) is 15.4 Å². The third-order valence-corrected chi connectivity index (χ3v) is 4.02. The molecule has 5 nitrogen and oxygen atoms in total. The van der Waals surface area contributed by atoms with Gasteiger partial charge in [0.2, 0.25) is 5.91 Å². The first kappa shape index (κ1) is 18.6. The summed E-state index contributed by atoms with van der Waals surface area (Å²) in [5, 5.41) is 6.82. The van der Waals surface area contributed by atoms with Crippen molar-refractivity contribution in [1.82, 2.24) is 20.1 Å². The van der Waals surface area contributed by atoms with Crippen molar-refractivity contribution in [3.8, 4) is 11.3 Å². The first-order chi connectivity index (χ1) is 12.8. The summed E-state index contributed by atoms with van der Waals surface area (Å²) in [6.45, 7) is 0.233. The molecule has 140 valence electrons. The van der Waals surface area contributed by atoms with Gasteiger partial charge < -0.3 is 5.32 Å². The van der Waals surface area contributed by atoms with Gasteiger partial charge in [0, 0.05) is 37.7 Å². The summed E-state index contributed by atoms with van der Waals surface area (Å²) in [7, 11) is 1.82. The second kappa shape index (κ2) is 7.61. The molecule has 0 saturated carbocycles. The van der Waals surface area contributed by atoms with Crippen molar-refractivity contribution in [2.75, 3.05) is 0 Å². The zero-order valence-corrected chi connectivity index (χ0v) is 14.5.